The van der Waals surface area contributed by atoms with Crippen molar-refractivity contribution in [2.24, 2.45) is 4.99 Å². The van der Waals surface area contributed by atoms with Gasteiger partial charge in [-0.05, 0) is 37.5 Å². The molecule has 2 aliphatic rings. The second-order valence-corrected chi connectivity index (χ2v) is 8.16. The third kappa shape index (κ3) is 5.51. The number of nitrogens with zero attached hydrogens (tertiary/aromatic N) is 4. The Labute approximate surface area is 190 Å². The maximum absolute atomic E-state index is 12.7. The highest BCUT2D eigenvalue weighted by atomic mass is 16.5. The number of hydrogen-bond donors (Lipinski definition) is 1. The molecule has 9 heteroatoms. The Hall–Kier alpha value is -2.81. The first kappa shape index (κ1) is 23.8. The Kier molecular flexibility index (Phi) is 8.33. The topological polar surface area (TPSA) is 86.7 Å². The van der Waals surface area contributed by atoms with Crippen LogP contribution in [0.2, 0.25) is 0 Å². The van der Waals surface area contributed by atoms with Gasteiger partial charge in [0.25, 0.3) is 0 Å². The standard InChI is InChI=1S/C23H35N5O4/c1-17(21(29)27-9-5-6-10-27)26-11-13-28(14-12-26)23(24-2)25-16-18-7-8-20(31-3)19(15-18)22(30)32-4/h7-8,15,17H,5-6,9-14,16H2,1-4H3,(H,24,25). The molecule has 1 unspecified atom stereocenters. The second kappa shape index (κ2) is 11.2. The van der Waals surface area contributed by atoms with Crippen molar-refractivity contribution in [2.45, 2.75) is 32.4 Å². The van der Waals surface area contributed by atoms with Gasteiger partial charge in [-0.2, -0.15) is 0 Å². The maximum Gasteiger partial charge on any atom is 0.341 e. The molecule has 1 aromatic rings. The average Bonchev–Trinajstić information content (AvgIpc) is 3.38. The molecule has 0 spiro atoms. The van der Waals surface area contributed by atoms with Crippen LogP contribution in [-0.2, 0) is 16.1 Å². The number of methoxy groups -OCH3 is 2. The van der Waals surface area contributed by atoms with Crippen LogP contribution in [0.5, 0.6) is 5.75 Å². The third-order valence-corrected chi connectivity index (χ3v) is 6.27. The summed E-state index contributed by atoms with van der Waals surface area (Å²) in [6, 6.07) is 5.37. The lowest BCUT2D eigenvalue weighted by Gasteiger charge is -2.39. The zero-order valence-corrected chi connectivity index (χ0v) is 19.6. The van der Waals surface area contributed by atoms with E-state index in [1.54, 1.807) is 19.2 Å². The van der Waals surface area contributed by atoms with Crippen LogP contribution in [-0.4, -0.2) is 99.1 Å². The van der Waals surface area contributed by atoms with Crippen LogP contribution in [0.3, 0.4) is 0 Å². The van der Waals surface area contributed by atoms with E-state index in [0.717, 1.165) is 63.6 Å². The molecule has 3 rings (SSSR count). The minimum absolute atomic E-state index is 0.0822. The van der Waals surface area contributed by atoms with Gasteiger partial charge in [0, 0.05) is 52.9 Å². The number of benzene rings is 1. The maximum atomic E-state index is 12.7. The number of likely N-dealkylation sites (tertiary alicyclic amines) is 1. The smallest absolute Gasteiger partial charge is 0.341 e. The largest absolute Gasteiger partial charge is 0.496 e. The summed E-state index contributed by atoms with van der Waals surface area (Å²) in [6.07, 6.45) is 2.23. The second-order valence-electron chi connectivity index (χ2n) is 8.16. The van der Waals surface area contributed by atoms with Crippen molar-refractivity contribution in [3.8, 4) is 5.75 Å². The van der Waals surface area contributed by atoms with Gasteiger partial charge in [-0.1, -0.05) is 6.07 Å². The number of hydrogen-bond acceptors (Lipinski definition) is 6. The molecule has 2 fully saturated rings. The monoisotopic (exact) mass is 445 g/mol. The Morgan fingerprint density at radius 1 is 1.06 bits per heavy atom. The predicted octanol–water partition coefficient (Wildman–Crippen LogP) is 1.19. The third-order valence-electron chi connectivity index (χ3n) is 6.27. The van der Waals surface area contributed by atoms with Crippen LogP contribution in [0.1, 0.15) is 35.7 Å². The van der Waals surface area contributed by atoms with Gasteiger partial charge in [-0.25, -0.2) is 4.79 Å². The predicted molar refractivity (Wildman–Crippen MR) is 123 cm³/mol. The zero-order valence-electron chi connectivity index (χ0n) is 19.6. The number of nitrogens with one attached hydrogen (secondary N) is 1. The van der Waals surface area contributed by atoms with Crippen molar-refractivity contribution in [2.75, 3.05) is 60.5 Å². The number of esters is 1. The van der Waals surface area contributed by atoms with Crippen LogP contribution < -0.4 is 10.1 Å². The quantitative estimate of drug-likeness (QED) is 0.400. The Bertz CT molecular complexity index is 830. The van der Waals surface area contributed by atoms with Crippen molar-refractivity contribution in [1.82, 2.24) is 20.0 Å². The van der Waals surface area contributed by atoms with Crippen LogP contribution in [0, 0.1) is 0 Å². The minimum Gasteiger partial charge on any atom is -0.496 e. The average molecular weight is 446 g/mol. The number of aliphatic imine (C=N–C) groups is 1. The molecule has 2 aliphatic heterocycles. The summed E-state index contributed by atoms with van der Waals surface area (Å²) < 4.78 is 10.1. The first-order chi connectivity index (χ1) is 15.5. The van der Waals surface area contributed by atoms with Crippen molar-refractivity contribution < 1.29 is 19.1 Å². The van der Waals surface area contributed by atoms with Crippen molar-refractivity contribution in [3.05, 3.63) is 29.3 Å². The summed E-state index contributed by atoms with van der Waals surface area (Å²) in [4.78, 5) is 35.6. The van der Waals surface area contributed by atoms with Gasteiger partial charge in [-0.3, -0.25) is 14.7 Å². The van der Waals surface area contributed by atoms with E-state index < -0.39 is 5.97 Å². The molecule has 2 saturated heterocycles. The van der Waals surface area contributed by atoms with E-state index in [1.807, 2.05) is 17.9 Å². The van der Waals surface area contributed by atoms with E-state index in [1.165, 1.54) is 14.2 Å². The molecular weight excluding hydrogens is 410 g/mol. The molecule has 0 aliphatic carbocycles. The lowest BCUT2D eigenvalue weighted by Crippen LogP contribution is -2.57. The van der Waals surface area contributed by atoms with Gasteiger partial charge in [0.05, 0.1) is 20.3 Å². The van der Waals surface area contributed by atoms with Crippen LogP contribution in [0.25, 0.3) is 0 Å². The van der Waals surface area contributed by atoms with Crippen molar-refractivity contribution in [3.63, 3.8) is 0 Å². The molecule has 32 heavy (non-hydrogen) atoms. The van der Waals surface area contributed by atoms with E-state index in [0.29, 0.717) is 17.9 Å². The van der Waals surface area contributed by atoms with E-state index >= 15 is 0 Å². The summed E-state index contributed by atoms with van der Waals surface area (Å²) in [6.45, 7) is 7.55. The summed E-state index contributed by atoms with van der Waals surface area (Å²) in [5.41, 5.74) is 1.32. The highest BCUT2D eigenvalue weighted by Crippen LogP contribution is 2.21. The molecule has 1 N–H and O–H groups in total. The molecule has 1 atom stereocenters. The lowest BCUT2D eigenvalue weighted by atomic mass is 10.1. The summed E-state index contributed by atoms with van der Waals surface area (Å²) >= 11 is 0. The van der Waals surface area contributed by atoms with Gasteiger partial charge in [0.1, 0.15) is 11.3 Å². The zero-order chi connectivity index (χ0) is 23.1. The van der Waals surface area contributed by atoms with Crippen LogP contribution in [0.4, 0.5) is 0 Å². The number of amides is 1. The summed E-state index contributed by atoms with van der Waals surface area (Å²) in [5, 5.41) is 3.38. The highest BCUT2D eigenvalue weighted by molar-refractivity contribution is 5.92. The number of guanidine groups is 1. The van der Waals surface area contributed by atoms with Crippen LogP contribution in [0.15, 0.2) is 23.2 Å². The number of carbonyl (C=O) groups excluding carboxylic acids is 2. The van der Waals surface area contributed by atoms with Gasteiger partial charge in [-0.15, -0.1) is 0 Å². The van der Waals surface area contributed by atoms with E-state index in [-0.39, 0.29) is 11.9 Å². The van der Waals surface area contributed by atoms with E-state index in [9.17, 15) is 9.59 Å². The Morgan fingerprint density at radius 2 is 1.75 bits per heavy atom. The van der Waals surface area contributed by atoms with Crippen molar-refractivity contribution >= 4 is 17.8 Å². The lowest BCUT2D eigenvalue weighted by molar-refractivity contribution is -0.135. The highest BCUT2D eigenvalue weighted by Gasteiger charge is 2.30. The molecule has 176 valence electrons. The SMILES string of the molecule is CN=C(NCc1ccc(OC)c(C(=O)OC)c1)N1CCN(C(C)C(=O)N2CCCC2)CC1. The summed E-state index contributed by atoms with van der Waals surface area (Å²) in [5.74, 6) is 1.11. The van der Waals surface area contributed by atoms with Gasteiger partial charge < -0.3 is 24.6 Å². The van der Waals surface area contributed by atoms with Crippen molar-refractivity contribution in [1.29, 1.82) is 0 Å². The number of ether oxygens (including phenoxy) is 2. The summed E-state index contributed by atoms with van der Waals surface area (Å²) in [7, 11) is 4.65. The molecule has 1 amide bonds. The molecule has 0 aromatic heterocycles. The van der Waals surface area contributed by atoms with Crippen LogP contribution >= 0.6 is 0 Å². The molecule has 2 heterocycles. The number of carbonyl (C=O) groups is 2. The van der Waals surface area contributed by atoms with E-state index in [4.69, 9.17) is 9.47 Å². The first-order valence-electron chi connectivity index (χ1n) is 11.2. The van der Waals surface area contributed by atoms with Gasteiger partial charge >= 0.3 is 5.97 Å². The van der Waals surface area contributed by atoms with E-state index in [2.05, 4.69) is 20.1 Å². The molecule has 9 nitrogen and oxygen atoms in total. The first-order valence-corrected chi connectivity index (χ1v) is 11.2. The molecule has 0 radical (unpaired) electrons. The molecule has 0 saturated carbocycles. The van der Waals surface area contributed by atoms with Gasteiger partial charge in [0.15, 0.2) is 5.96 Å². The minimum atomic E-state index is -0.429. The van der Waals surface area contributed by atoms with Gasteiger partial charge in [0.2, 0.25) is 5.91 Å². The number of rotatable bonds is 6. The fourth-order valence-corrected chi connectivity index (χ4v) is 4.33. The Balaban J connectivity index is 1.54. The Morgan fingerprint density at radius 3 is 2.34 bits per heavy atom. The number of piperazine rings is 1. The normalized spacial score (nSPS) is 18.4. The molecule has 0 bridgehead atoms. The molecule has 1 aromatic carbocycles. The molecular formula is C23H35N5O4. The fourth-order valence-electron chi connectivity index (χ4n) is 4.33. The fraction of sp³-hybridized carbons (Fsp3) is 0.609.